The highest BCUT2D eigenvalue weighted by atomic mass is 32.2. The van der Waals surface area contributed by atoms with Crippen LogP contribution in [-0.4, -0.2) is 72.6 Å². The molecule has 2 heterocycles. The molecule has 2 aromatic rings. The van der Waals surface area contributed by atoms with Gasteiger partial charge in [-0.05, 0) is 31.2 Å². The Hall–Kier alpha value is -2.41. The van der Waals surface area contributed by atoms with Crippen LogP contribution in [0.1, 0.15) is 19.3 Å². The van der Waals surface area contributed by atoms with Gasteiger partial charge in [0.2, 0.25) is 0 Å². The number of fused-ring (bicyclic) bond motifs is 1. The van der Waals surface area contributed by atoms with Crippen molar-refractivity contribution in [1.29, 1.82) is 0 Å². The predicted molar refractivity (Wildman–Crippen MR) is 119 cm³/mol. The molecule has 0 unspecified atom stereocenters. The van der Waals surface area contributed by atoms with Crippen LogP contribution in [0.25, 0.3) is 10.9 Å². The summed E-state index contributed by atoms with van der Waals surface area (Å²) >= 11 is 0. The zero-order chi connectivity index (χ0) is 23.1. The standard InChI is InChI=1S/C20H30N4O7S/c1-27-10-11-30-20-22-16-13-18(29-3)17(28-2)12-15(16)19(23-20)24-7-4-14(5-8-24)6-9-31-32(21,25)26/h12-14H,4-11H2,1-3H3,(H2,21,25,26). The number of aromatic nitrogens is 2. The van der Waals surface area contributed by atoms with E-state index in [-0.39, 0.29) is 12.6 Å². The van der Waals surface area contributed by atoms with E-state index < -0.39 is 10.3 Å². The van der Waals surface area contributed by atoms with Gasteiger partial charge in [0.05, 0.1) is 33.0 Å². The Morgan fingerprint density at radius 1 is 1.03 bits per heavy atom. The van der Waals surface area contributed by atoms with Gasteiger partial charge in [-0.25, -0.2) is 5.14 Å². The second kappa shape index (κ2) is 10.9. The number of nitrogens with two attached hydrogens (primary N) is 1. The van der Waals surface area contributed by atoms with E-state index in [2.05, 4.69) is 19.1 Å². The molecule has 0 saturated carbocycles. The average Bonchev–Trinajstić information content (AvgIpc) is 2.77. The molecular formula is C20H30N4O7S. The molecule has 1 aromatic heterocycles. The number of anilines is 1. The largest absolute Gasteiger partial charge is 0.493 e. The predicted octanol–water partition coefficient (Wildman–Crippen LogP) is 1.50. The molecular weight excluding hydrogens is 440 g/mol. The van der Waals surface area contributed by atoms with Crippen LogP contribution in [0.3, 0.4) is 0 Å². The fraction of sp³-hybridized carbons (Fsp3) is 0.600. The third kappa shape index (κ3) is 6.31. The Balaban J connectivity index is 1.82. The highest BCUT2D eigenvalue weighted by Crippen LogP contribution is 2.37. The van der Waals surface area contributed by atoms with Crippen molar-refractivity contribution in [3.8, 4) is 17.5 Å². The summed E-state index contributed by atoms with van der Waals surface area (Å²) in [7, 11) is 0.861. The van der Waals surface area contributed by atoms with Crippen LogP contribution in [0.4, 0.5) is 5.82 Å². The zero-order valence-electron chi connectivity index (χ0n) is 18.6. The highest BCUT2D eigenvalue weighted by Gasteiger charge is 2.24. The highest BCUT2D eigenvalue weighted by molar-refractivity contribution is 7.84. The van der Waals surface area contributed by atoms with Crippen LogP contribution in [0.2, 0.25) is 0 Å². The van der Waals surface area contributed by atoms with Gasteiger partial charge in [-0.15, -0.1) is 0 Å². The van der Waals surface area contributed by atoms with E-state index in [0.717, 1.165) is 37.1 Å². The lowest BCUT2D eigenvalue weighted by Crippen LogP contribution is -2.35. The van der Waals surface area contributed by atoms with Gasteiger partial charge in [-0.2, -0.15) is 18.4 Å². The van der Waals surface area contributed by atoms with Gasteiger partial charge < -0.3 is 23.8 Å². The van der Waals surface area contributed by atoms with Crippen molar-refractivity contribution in [2.75, 3.05) is 59.1 Å². The molecule has 2 N–H and O–H groups in total. The van der Waals surface area contributed by atoms with Gasteiger partial charge in [-0.1, -0.05) is 0 Å². The van der Waals surface area contributed by atoms with Crippen molar-refractivity contribution >= 4 is 27.0 Å². The van der Waals surface area contributed by atoms with Gasteiger partial charge in [0, 0.05) is 31.7 Å². The summed E-state index contributed by atoms with van der Waals surface area (Å²) < 4.78 is 48.2. The molecule has 178 valence electrons. The molecule has 1 saturated heterocycles. The number of piperidine rings is 1. The van der Waals surface area contributed by atoms with Crippen molar-refractivity contribution in [2.45, 2.75) is 19.3 Å². The molecule has 32 heavy (non-hydrogen) atoms. The van der Waals surface area contributed by atoms with Crippen LogP contribution in [0.15, 0.2) is 12.1 Å². The number of rotatable bonds is 11. The molecule has 1 aliphatic heterocycles. The van der Waals surface area contributed by atoms with Crippen molar-refractivity contribution in [3.63, 3.8) is 0 Å². The molecule has 1 fully saturated rings. The number of ether oxygens (including phenoxy) is 4. The lowest BCUT2D eigenvalue weighted by atomic mass is 9.94. The van der Waals surface area contributed by atoms with E-state index >= 15 is 0 Å². The lowest BCUT2D eigenvalue weighted by Gasteiger charge is -2.33. The minimum Gasteiger partial charge on any atom is -0.493 e. The second-order valence-electron chi connectivity index (χ2n) is 7.43. The summed E-state index contributed by atoms with van der Waals surface area (Å²) in [6.45, 7) is 2.35. The van der Waals surface area contributed by atoms with Crippen LogP contribution in [0.5, 0.6) is 17.5 Å². The molecule has 0 amide bonds. The number of methoxy groups -OCH3 is 3. The Morgan fingerprint density at radius 2 is 1.72 bits per heavy atom. The Labute approximate surface area is 188 Å². The first kappa shape index (κ1) is 24.2. The van der Waals surface area contributed by atoms with Crippen molar-refractivity contribution in [1.82, 2.24) is 9.97 Å². The zero-order valence-corrected chi connectivity index (χ0v) is 19.4. The van der Waals surface area contributed by atoms with Crippen molar-refractivity contribution in [2.24, 2.45) is 11.1 Å². The normalized spacial score (nSPS) is 15.2. The summed E-state index contributed by atoms with van der Waals surface area (Å²) in [6, 6.07) is 3.94. The van der Waals surface area contributed by atoms with E-state index in [1.165, 1.54) is 0 Å². The van der Waals surface area contributed by atoms with Gasteiger partial charge in [0.1, 0.15) is 12.4 Å². The van der Waals surface area contributed by atoms with Crippen LogP contribution >= 0.6 is 0 Å². The number of nitrogens with zero attached hydrogens (tertiary/aromatic N) is 3. The topological polar surface area (TPSA) is 135 Å². The molecule has 1 aromatic carbocycles. The van der Waals surface area contributed by atoms with Gasteiger partial charge in [0.15, 0.2) is 11.5 Å². The van der Waals surface area contributed by atoms with Gasteiger partial charge >= 0.3 is 16.3 Å². The quantitative estimate of drug-likeness (QED) is 0.481. The van der Waals surface area contributed by atoms with Crippen molar-refractivity contribution in [3.05, 3.63) is 12.1 Å². The molecule has 0 spiro atoms. The lowest BCUT2D eigenvalue weighted by molar-refractivity contribution is 0.141. The molecule has 0 atom stereocenters. The fourth-order valence-electron chi connectivity index (χ4n) is 3.70. The summed E-state index contributed by atoms with van der Waals surface area (Å²) in [5, 5.41) is 5.72. The molecule has 12 heteroatoms. The Bertz CT molecular complexity index is 1010. The molecule has 1 aliphatic rings. The van der Waals surface area contributed by atoms with Crippen LogP contribution in [0, 0.1) is 5.92 Å². The third-order valence-electron chi connectivity index (χ3n) is 5.37. The number of hydrogen-bond donors (Lipinski definition) is 1. The number of benzene rings is 1. The fourth-order valence-corrected chi connectivity index (χ4v) is 4.03. The third-order valence-corrected chi connectivity index (χ3v) is 5.86. The van der Waals surface area contributed by atoms with Gasteiger partial charge in [0.25, 0.3) is 0 Å². The second-order valence-corrected chi connectivity index (χ2v) is 8.65. The Morgan fingerprint density at radius 3 is 2.34 bits per heavy atom. The summed E-state index contributed by atoms with van der Waals surface area (Å²) in [5.74, 6) is 2.25. The summed E-state index contributed by atoms with van der Waals surface area (Å²) in [4.78, 5) is 11.4. The van der Waals surface area contributed by atoms with Crippen LogP contribution < -0.4 is 24.2 Å². The smallest absolute Gasteiger partial charge is 0.333 e. The molecule has 0 bridgehead atoms. The molecule has 11 nitrogen and oxygen atoms in total. The van der Waals surface area contributed by atoms with Crippen molar-refractivity contribution < 1.29 is 31.5 Å². The van der Waals surface area contributed by atoms with E-state index in [0.29, 0.717) is 42.6 Å². The average molecular weight is 471 g/mol. The van der Waals surface area contributed by atoms with Gasteiger partial charge in [-0.3, -0.25) is 4.18 Å². The van der Waals surface area contributed by atoms with Crippen LogP contribution in [-0.2, 0) is 19.2 Å². The SMILES string of the molecule is COCCOc1nc(N2CCC(CCOS(N)(=O)=O)CC2)c2cc(OC)c(OC)cc2n1. The van der Waals surface area contributed by atoms with E-state index in [4.69, 9.17) is 24.1 Å². The maximum atomic E-state index is 11.0. The maximum Gasteiger partial charge on any atom is 0.333 e. The maximum absolute atomic E-state index is 11.0. The molecule has 0 radical (unpaired) electrons. The minimum absolute atomic E-state index is 0.0917. The Kier molecular flexibility index (Phi) is 8.29. The van der Waals surface area contributed by atoms with E-state index in [9.17, 15) is 8.42 Å². The minimum atomic E-state index is -3.90. The van der Waals surface area contributed by atoms with E-state index in [1.54, 1.807) is 27.4 Å². The first-order chi connectivity index (χ1) is 15.3. The molecule has 0 aliphatic carbocycles. The first-order valence-electron chi connectivity index (χ1n) is 10.3. The monoisotopic (exact) mass is 470 g/mol. The first-order valence-corrected chi connectivity index (χ1v) is 11.8. The summed E-state index contributed by atoms with van der Waals surface area (Å²) in [6.07, 6.45) is 2.37. The summed E-state index contributed by atoms with van der Waals surface area (Å²) in [5.41, 5.74) is 0.684. The molecule has 3 rings (SSSR count). The van der Waals surface area contributed by atoms with E-state index in [1.807, 2.05) is 6.07 Å². The number of hydrogen-bond acceptors (Lipinski definition) is 10.